The molecule has 0 bridgehead atoms. The summed E-state index contributed by atoms with van der Waals surface area (Å²) in [5.74, 6) is 0. The normalized spacial score (nSPS) is 31.6. The molecule has 18 heavy (non-hydrogen) atoms. The number of anilines is 1. The van der Waals surface area contributed by atoms with Gasteiger partial charge in [-0.3, -0.25) is 4.90 Å². The molecular weight excluding hydrogens is 292 g/mol. The van der Waals surface area contributed by atoms with E-state index in [2.05, 4.69) is 38.3 Å². The SMILES string of the molecule is OCC1(Nc2cccc(Br)c2)CCN2CCCC21. The number of nitrogens with one attached hydrogen (secondary N) is 1. The molecule has 0 aromatic heterocycles. The molecule has 2 aliphatic heterocycles. The molecular formula is C14H19BrN2O. The van der Waals surface area contributed by atoms with Crippen molar-refractivity contribution in [2.45, 2.75) is 30.8 Å². The van der Waals surface area contributed by atoms with Crippen molar-refractivity contribution in [1.82, 2.24) is 4.90 Å². The molecule has 98 valence electrons. The second-order valence-electron chi connectivity index (χ2n) is 5.39. The van der Waals surface area contributed by atoms with E-state index < -0.39 is 0 Å². The highest BCUT2D eigenvalue weighted by Crippen LogP contribution is 2.38. The van der Waals surface area contributed by atoms with Crippen molar-refractivity contribution in [2.75, 3.05) is 25.0 Å². The smallest absolute Gasteiger partial charge is 0.0770 e. The van der Waals surface area contributed by atoms with Crippen LogP contribution in [-0.4, -0.2) is 41.3 Å². The van der Waals surface area contributed by atoms with E-state index in [0.717, 1.165) is 23.1 Å². The number of fused-ring (bicyclic) bond motifs is 1. The molecule has 2 aliphatic rings. The van der Waals surface area contributed by atoms with Gasteiger partial charge in [0, 0.05) is 22.7 Å². The summed E-state index contributed by atoms with van der Waals surface area (Å²) in [7, 11) is 0. The molecule has 0 radical (unpaired) electrons. The zero-order chi connectivity index (χ0) is 12.6. The quantitative estimate of drug-likeness (QED) is 0.900. The van der Waals surface area contributed by atoms with Gasteiger partial charge in [0.1, 0.15) is 0 Å². The molecule has 2 heterocycles. The summed E-state index contributed by atoms with van der Waals surface area (Å²) in [5, 5.41) is 13.5. The first kappa shape index (κ1) is 12.5. The zero-order valence-corrected chi connectivity index (χ0v) is 12.0. The van der Waals surface area contributed by atoms with Crippen LogP contribution in [0.15, 0.2) is 28.7 Å². The van der Waals surface area contributed by atoms with Crippen molar-refractivity contribution in [3.8, 4) is 0 Å². The molecule has 1 aromatic carbocycles. The number of hydrogen-bond acceptors (Lipinski definition) is 3. The van der Waals surface area contributed by atoms with Crippen molar-refractivity contribution < 1.29 is 5.11 Å². The van der Waals surface area contributed by atoms with Crippen LogP contribution in [0.4, 0.5) is 5.69 Å². The summed E-state index contributed by atoms with van der Waals surface area (Å²) in [5.41, 5.74) is 0.935. The number of aliphatic hydroxyl groups is 1. The van der Waals surface area contributed by atoms with Gasteiger partial charge in [0.05, 0.1) is 12.1 Å². The predicted octanol–water partition coefficient (Wildman–Crippen LogP) is 2.46. The van der Waals surface area contributed by atoms with E-state index in [0.29, 0.717) is 6.04 Å². The molecule has 0 aliphatic carbocycles. The fraction of sp³-hybridized carbons (Fsp3) is 0.571. The Bertz CT molecular complexity index is 440. The van der Waals surface area contributed by atoms with Crippen molar-refractivity contribution in [1.29, 1.82) is 0 Å². The van der Waals surface area contributed by atoms with E-state index >= 15 is 0 Å². The third kappa shape index (κ3) is 2.06. The molecule has 0 spiro atoms. The second kappa shape index (κ2) is 4.83. The second-order valence-corrected chi connectivity index (χ2v) is 6.31. The van der Waals surface area contributed by atoms with E-state index in [-0.39, 0.29) is 12.1 Å². The fourth-order valence-electron chi connectivity index (χ4n) is 3.45. The average Bonchev–Trinajstić information content (AvgIpc) is 2.93. The minimum atomic E-state index is -0.155. The Kier molecular flexibility index (Phi) is 3.34. The lowest BCUT2D eigenvalue weighted by molar-refractivity contribution is 0.175. The third-order valence-electron chi connectivity index (χ3n) is 4.35. The minimum absolute atomic E-state index is 0.155. The van der Waals surface area contributed by atoms with Gasteiger partial charge in [-0.1, -0.05) is 22.0 Å². The van der Waals surface area contributed by atoms with Gasteiger partial charge in [-0.15, -0.1) is 0 Å². The van der Waals surface area contributed by atoms with Crippen LogP contribution in [0.3, 0.4) is 0 Å². The van der Waals surface area contributed by atoms with Crippen LogP contribution in [0.5, 0.6) is 0 Å². The van der Waals surface area contributed by atoms with E-state index in [4.69, 9.17) is 0 Å². The number of rotatable bonds is 3. The average molecular weight is 311 g/mol. The van der Waals surface area contributed by atoms with Crippen molar-refractivity contribution in [3.63, 3.8) is 0 Å². The molecule has 2 N–H and O–H groups in total. The predicted molar refractivity (Wildman–Crippen MR) is 76.8 cm³/mol. The fourth-order valence-corrected chi connectivity index (χ4v) is 3.85. The van der Waals surface area contributed by atoms with Crippen molar-refractivity contribution >= 4 is 21.6 Å². The number of hydrogen-bond donors (Lipinski definition) is 2. The highest BCUT2D eigenvalue weighted by atomic mass is 79.9. The lowest BCUT2D eigenvalue weighted by Gasteiger charge is -2.35. The Morgan fingerprint density at radius 3 is 3.11 bits per heavy atom. The Labute approximate surface area is 116 Å². The number of nitrogens with zero attached hydrogens (tertiary/aromatic N) is 1. The molecule has 1 aromatic rings. The van der Waals surface area contributed by atoms with Gasteiger partial charge < -0.3 is 10.4 Å². The van der Waals surface area contributed by atoms with Gasteiger partial charge in [0.25, 0.3) is 0 Å². The van der Waals surface area contributed by atoms with E-state index in [1.165, 1.54) is 19.4 Å². The summed E-state index contributed by atoms with van der Waals surface area (Å²) in [6, 6.07) is 8.68. The first-order valence-electron chi connectivity index (χ1n) is 6.62. The van der Waals surface area contributed by atoms with Gasteiger partial charge in [-0.2, -0.15) is 0 Å². The molecule has 2 saturated heterocycles. The van der Waals surface area contributed by atoms with Gasteiger partial charge in [0.15, 0.2) is 0 Å². The standard InChI is InChI=1S/C14H19BrN2O/c15-11-3-1-4-12(9-11)16-14(10-18)6-8-17-7-2-5-13(14)17/h1,3-4,9,13,16,18H,2,5-8,10H2. The molecule has 4 heteroatoms. The Morgan fingerprint density at radius 2 is 2.33 bits per heavy atom. The maximum atomic E-state index is 9.89. The largest absolute Gasteiger partial charge is 0.394 e. The van der Waals surface area contributed by atoms with E-state index in [9.17, 15) is 5.11 Å². The summed E-state index contributed by atoms with van der Waals surface area (Å²) in [6.07, 6.45) is 3.48. The van der Waals surface area contributed by atoms with Crippen LogP contribution in [0, 0.1) is 0 Å². The van der Waals surface area contributed by atoms with Crippen LogP contribution < -0.4 is 5.32 Å². The highest BCUT2D eigenvalue weighted by Gasteiger charge is 2.48. The summed E-state index contributed by atoms with van der Waals surface area (Å²) in [4.78, 5) is 2.52. The number of benzene rings is 1. The Hall–Kier alpha value is -0.580. The van der Waals surface area contributed by atoms with Crippen LogP contribution >= 0.6 is 15.9 Å². The topological polar surface area (TPSA) is 35.5 Å². The third-order valence-corrected chi connectivity index (χ3v) is 4.84. The van der Waals surface area contributed by atoms with Gasteiger partial charge in [-0.25, -0.2) is 0 Å². The maximum absolute atomic E-state index is 9.89. The lowest BCUT2D eigenvalue weighted by atomic mass is 9.89. The molecule has 3 rings (SSSR count). The van der Waals surface area contributed by atoms with Crippen molar-refractivity contribution in [3.05, 3.63) is 28.7 Å². The van der Waals surface area contributed by atoms with E-state index in [1.54, 1.807) is 0 Å². The van der Waals surface area contributed by atoms with Crippen LogP contribution in [0.1, 0.15) is 19.3 Å². The summed E-state index contributed by atoms with van der Waals surface area (Å²) in [6.45, 7) is 2.50. The number of halogens is 1. The van der Waals surface area contributed by atoms with E-state index in [1.807, 2.05) is 12.1 Å². The lowest BCUT2D eigenvalue weighted by Crippen LogP contribution is -2.50. The molecule has 2 fully saturated rings. The number of aliphatic hydroxyl groups excluding tert-OH is 1. The summed E-state index contributed by atoms with van der Waals surface area (Å²) >= 11 is 3.49. The van der Waals surface area contributed by atoms with Crippen LogP contribution in [0.25, 0.3) is 0 Å². The van der Waals surface area contributed by atoms with Gasteiger partial charge in [0.2, 0.25) is 0 Å². The first-order chi connectivity index (χ1) is 8.73. The molecule has 2 unspecified atom stereocenters. The molecule has 3 nitrogen and oxygen atoms in total. The van der Waals surface area contributed by atoms with Gasteiger partial charge in [-0.05, 0) is 44.0 Å². The maximum Gasteiger partial charge on any atom is 0.0770 e. The first-order valence-corrected chi connectivity index (χ1v) is 7.41. The van der Waals surface area contributed by atoms with Crippen LogP contribution in [0.2, 0.25) is 0 Å². The highest BCUT2D eigenvalue weighted by molar-refractivity contribution is 9.10. The Morgan fingerprint density at radius 1 is 1.44 bits per heavy atom. The summed E-state index contributed by atoms with van der Waals surface area (Å²) < 4.78 is 1.07. The Balaban J connectivity index is 1.84. The molecule has 0 saturated carbocycles. The van der Waals surface area contributed by atoms with Crippen LogP contribution in [-0.2, 0) is 0 Å². The van der Waals surface area contributed by atoms with Crippen molar-refractivity contribution in [2.24, 2.45) is 0 Å². The van der Waals surface area contributed by atoms with Gasteiger partial charge >= 0.3 is 0 Å². The molecule has 2 atom stereocenters. The zero-order valence-electron chi connectivity index (χ0n) is 10.4. The minimum Gasteiger partial charge on any atom is -0.394 e. The monoisotopic (exact) mass is 310 g/mol. The molecule has 0 amide bonds.